The number of rotatable bonds is 12. The highest BCUT2D eigenvalue weighted by molar-refractivity contribution is 5.92. The van der Waals surface area contributed by atoms with Gasteiger partial charge in [0.2, 0.25) is 0 Å². The van der Waals surface area contributed by atoms with Crippen LogP contribution >= 0.6 is 0 Å². The van der Waals surface area contributed by atoms with Crippen molar-refractivity contribution < 1.29 is 24.1 Å². The van der Waals surface area contributed by atoms with Crippen molar-refractivity contribution in [3.63, 3.8) is 0 Å². The quantitative estimate of drug-likeness (QED) is 0.171. The minimum Gasteiger partial charge on any atom is -0.411 e. The van der Waals surface area contributed by atoms with E-state index >= 15 is 0 Å². The van der Waals surface area contributed by atoms with E-state index in [1.807, 2.05) is 0 Å². The van der Waals surface area contributed by atoms with Crippen LogP contribution in [0.4, 0.5) is 14.7 Å². The van der Waals surface area contributed by atoms with Gasteiger partial charge in [-0.2, -0.15) is 0 Å². The van der Waals surface area contributed by atoms with E-state index in [1.54, 1.807) is 27.7 Å². The summed E-state index contributed by atoms with van der Waals surface area (Å²) in [6.07, 6.45) is 2.76. The lowest BCUT2D eigenvalue weighted by Gasteiger charge is -2.32. The molecule has 0 aliphatic rings. The molecule has 1 aromatic rings. The smallest absolute Gasteiger partial charge is 0.411 e. The summed E-state index contributed by atoms with van der Waals surface area (Å²) in [6.45, 7) is 6.57. The molecule has 170 valence electrons. The van der Waals surface area contributed by atoms with Gasteiger partial charge in [-0.1, -0.05) is 15.3 Å². The molecule has 0 bridgehead atoms. The maximum Gasteiger partial charge on any atom is 0.434 e. The summed E-state index contributed by atoms with van der Waals surface area (Å²) in [6, 6.07) is 0. The zero-order valence-electron chi connectivity index (χ0n) is 17.7. The summed E-state index contributed by atoms with van der Waals surface area (Å²) >= 11 is 0. The Hall–Kier alpha value is -2.67. The summed E-state index contributed by atoms with van der Waals surface area (Å²) in [5.41, 5.74) is -1.62. The first-order valence-corrected chi connectivity index (χ1v) is 9.19. The average Bonchev–Trinajstić information content (AvgIpc) is 3.14. The number of aryl methyl sites for hydroxylation is 1. The molecule has 0 saturated carbocycles. The molecule has 13 heteroatoms. The maximum absolute atomic E-state index is 14.4. The summed E-state index contributed by atoms with van der Waals surface area (Å²) < 4.78 is 30.0. The van der Waals surface area contributed by atoms with Crippen molar-refractivity contribution in [3.8, 4) is 0 Å². The van der Waals surface area contributed by atoms with Crippen molar-refractivity contribution in [2.24, 2.45) is 10.3 Å². The van der Waals surface area contributed by atoms with E-state index in [2.05, 4.69) is 25.9 Å². The molecule has 0 aliphatic heterocycles. The van der Waals surface area contributed by atoms with Crippen LogP contribution in [0.2, 0.25) is 0 Å². The number of aromatic nitrogens is 2. The first kappa shape index (κ1) is 25.4. The molecule has 1 rings (SSSR count). The van der Waals surface area contributed by atoms with Gasteiger partial charge < -0.3 is 31.2 Å². The van der Waals surface area contributed by atoms with Gasteiger partial charge in [-0.15, -0.1) is 0 Å². The van der Waals surface area contributed by atoms with Crippen molar-refractivity contribution in [2.75, 3.05) is 13.1 Å². The van der Waals surface area contributed by atoms with Crippen molar-refractivity contribution in [1.29, 1.82) is 0 Å². The van der Waals surface area contributed by atoms with Gasteiger partial charge in [-0.3, -0.25) is 0 Å². The number of nitrogens with one attached hydrogen (secondary N) is 2. The van der Waals surface area contributed by atoms with E-state index in [1.165, 1.54) is 23.9 Å². The molecule has 4 N–H and O–H groups in total. The fourth-order valence-electron chi connectivity index (χ4n) is 2.48. The third-order valence-corrected chi connectivity index (χ3v) is 4.92. The maximum atomic E-state index is 14.4. The monoisotopic (exact) mass is 433 g/mol. The molecule has 0 fully saturated rings. The summed E-state index contributed by atoms with van der Waals surface area (Å²) in [5.74, 6) is -3.52. The number of oxime groups is 2. The van der Waals surface area contributed by atoms with Gasteiger partial charge in [-0.05, 0) is 39.5 Å². The van der Waals surface area contributed by atoms with Gasteiger partial charge in [0.15, 0.2) is 0 Å². The fraction of sp³-hybridized carbons (Fsp3) is 0.706. The molecule has 0 atom stereocenters. The van der Waals surface area contributed by atoms with Crippen LogP contribution in [0.3, 0.4) is 0 Å². The van der Waals surface area contributed by atoms with E-state index in [0.717, 1.165) is 0 Å². The van der Waals surface area contributed by atoms with Gasteiger partial charge in [0.25, 0.3) is 5.92 Å². The normalized spacial score (nSPS) is 14.2. The van der Waals surface area contributed by atoms with Crippen molar-refractivity contribution in [2.45, 2.75) is 64.6 Å². The highest BCUT2D eigenvalue weighted by atomic mass is 19.3. The van der Waals surface area contributed by atoms with Gasteiger partial charge in [-0.25, -0.2) is 13.3 Å². The Morgan fingerprint density at radius 3 is 2.27 bits per heavy atom. The Balaban J connectivity index is 2.70. The van der Waals surface area contributed by atoms with Crippen LogP contribution in [0.5, 0.6) is 0 Å². The van der Waals surface area contributed by atoms with E-state index in [-0.39, 0.29) is 30.3 Å². The first-order chi connectivity index (χ1) is 13.8. The lowest BCUT2D eigenvalue weighted by molar-refractivity contribution is -0.396. The molecule has 0 amide bonds. The molecular formula is C17H29F2N7O4. The highest BCUT2D eigenvalue weighted by Gasteiger charge is 2.36. The Bertz CT molecular complexity index is 791. The molecule has 0 aromatic carbocycles. The zero-order chi connectivity index (χ0) is 23.2. The second-order valence-corrected chi connectivity index (χ2v) is 7.97. The number of hydrogen-bond donors (Lipinski definition) is 4. The van der Waals surface area contributed by atoms with Gasteiger partial charge >= 0.3 is 5.95 Å². The molecule has 0 spiro atoms. The zero-order valence-corrected chi connectivity index (χ0v) is 17.7. The van der Waals surface area contributed by atoms with Crippen LogP contribution in [0.25, 0.3) is 0 Å². The van der Waals surface area contributed by atoms with Gasteiger partial charge in [0, 0.05) is 6.42 Å². The molecule has 11 nitrogen and oxygen atoms in total. The number of alkyl halides is 2. The first-order valence-electron chi connectivity index (χ1n) is 9.19. The topological polar surface area (TPSA) is 150 Å². The van der Waals surface area contributed by atoms with Crippen LogP contribution in [0.15, 0.2) is 22.7 Å². The molecule has 0 radical (unpaired) electrons. The van der Waals surface area contributed by atoms with Crippen LogP contribution in [0.1, 0.15) is 41.0 Å². The minimum absolute atomic E-state index is 0.0801. The lowest BCUT2D eigenvalue weighted by atomic mass is 9.95. The Kier molecular flexibility index (Phi) is 8.36. The number of imidazole rings is 1. The Morgan fingerprint density at radius 2 is 1.77 bits per heavy atom. The number of nitro groups is 1. The molecule has 0 unspecified atom stereocenters. The SMILES string of the molecule is CC(=NO)C(C)(C)NCC(F)(F)CNC(C)(C)C(CCn1ccnc1[N+](=O)[O-])=NO. The number of hydrogen-bond acceptors (Lipinski definition) is 9. The second-order valence-electron chi connectivity index (χ2n) is 7.97. The third kappa shape index (κ3) is 6.99. The minimum atomic E-state index is -3.16. The van der Waals surface area contributed by atoms with Crippen LogP contribution < -0.4 is 10.6 Å². The second kappa shape index (κ2) is 9.89. The van der Waals surface area contributed by atoms with Crippen LogP contribution in [-0.4, -0.2) is 66.4 Å². The average molecular weight is 433 g/mol. The van der Waals surface area contributed by atoms with E-state index in [0.29, 0.717) is 0 Å². The predicted molar refractivity (Wildman–Crippen MR) is 107 cm³/mol. The Labute approximate surface area is 173 Å². The Morgan fingerprint density at radius 1 is 1.20 bits per heavy atom. The molecule has 1 aromatic heterocycles. The lowest BCUT2D eigenvalue weighted by Crippen LogP contribution is -2.56. The van der Waals surface area contributed by atoms with Crippen LogP contribution in [0, 0.1) is 10.1 Å². The highest BCUT2D eigenvalue weighted by Crippen LogP contribution is 2.18. The molecular weight excluding hydrogens is 404 g/mol. The molecule has 0 aliphatic carbocycles. The summed E-state index contributed by atoms with van der Waals surface area (Å²) in [5, 5.41) is 40.7. The van der Waals surface area contributed by atoms with E-state index in [4.69, 9.17) is 5.21 Å². The van der Waals surface area contributed by atoms with Gasteiger partial charge in [0.05, 0.1) is 42.1 Å². The molecule has 1 heterocycles. The molecule has 0 saturated heterocycles. The standard InChI is InChI=1S/C17H29F2N7O4/c1-12(23-27)15(2,3)21-10-17(18,19)11-22-16(4,5)13(24-28)6-8-25-9-7-20-14(25)26(29)30/h7,9,21-22,27-28H,6,8,10-11H2,1-5H3. The largest absolute Gasteiger partial charge is 0.434 e. The van der Waals surface area contributed by atoms with Crippen LogP contribution in [-0.2, 0) is 6.54 Å². The van der Waals surface area contributed by atoms with Gasteiger partial charge in [0.1, 0.15) is 12.4 Å². The number of nitrogens with zero attached hydrogens (tertiary/aromatic N) is 5. The fourth-order valence-corrected chi connectivity index (χ4v) is 2.48. The van der Waals surface area contributed by atoms with Crippen molar-refractivity contribution in [1.82, 2.24) is 20.2 Å². The summed E-state index contributed by atoms with van der Waals surface area (Å²) in [7, 11) is 0. The number of halogens is 2. The third-order valence-electron chi connectivity index (χ3n) is 4.92. The molecule has 30 heavy (non-hydrogen) atoms. The summed E-state index contributed by atoms with van der Waals surface area (Å²) in [4.78, 5) is 13.9. The van der Waals surface area contributed by atoms with E-state index < -0.39 is 35.0 Å². The van der Waals surface area contributed by atoms with Crippen molar-refractivity contribution in [3.05, 3.63) is 22.5 Å². The van der Waals surface area contributed by atoms with Crippen molar-refractivity contribution >= 4 is 17.4 Å². The predicted octanol–water partition coefficient (Wildman–Crippen LogP) is 2.23. The van der Waals surface area contributed by atoms with E-state index in [9.17, 15) is 24.1 Å².